The number of anilines is 1. The Morgan fingerprint density at radius 1 is 1.00 bits per heavy atom. The van der Waals surface area contributed by atoms with Gasteiger partial charge in [-0.1, -0.05) is 72.8 Å². The molecule has 182 valence electrons. The van der Waals surface area contributed by atoms with Gasteiger partial charge in [0.15, 0.2) is 11.5 Å². The van der Waals surface area contributed by atoms with Gasteiger partial charge in [0.05, 0.1) is 12.7 Å². The van der Waals surface area contributed by atoms with Crippen molar-refractivity contribution in [1.29, 1.82) is 0 Å². The second-order valence-electron chi connectivity index (χ2n) is 8.42. The van der Waals surface area contributed by atoms with Crippen LogP contribution in [-0.4, -0.2) is 27.8 Å². The van der Waals surface area contributed by atoms with Crippen LogP contribution in [0.15, 0.2) is 96.5 Å². The highest BCUT2D eigenvalue weighted by molar-refractivity contribution is 5.97. The van der Waals surface area contributed by atoms with E-state index in [0.717, 1.165) is 16.7 Å². The Kier molecular flexibility index (Phi) is 6.66. The fourth-order valence-corrected chi connectivity index (χ4v) is 4.34. The van der Waals surface area contributed by atoms with Gasteiger partial charge in [0.2, 0.25) is 5.95 Å². The number of benzene rings is 3. The smallest absolute Gasteiger partial charge is 0.251 e. The summed E-state index contributed by atoms with van der Waals surface area (Å²) in [6.07, 6.45) is 1.47. The van der Waals surface area contributed by atoms with Gasteiger partial charge in [-0.15, -0.1) is 0 Å². The number of para-hydroxylation sites is 1. The molecule has 2 N–H and O–H groups in total. The van der Waals surface area contributed by atoms with E-state index in [2.05, 4.69) is 20.7 Å². The van der Waals surface area contributed by atoms with E-state index in [1.54, 1.807) is 11.8 Å². The van der Waals surface area contributed by atoms with Crippen LogP contribution in [0.3, 0.4) is 0 Å². The number of methoxy groups -OCH3 is 1. The summed E-state index contributed by atoms with van der Waals surface area (Å²) < 4.78 is 13.7. The molecule has 0 saturated carbocycles. The van der Waals surface area contributed by atoms with Crippen LogP contribution in [0.25, 0.3) is 0 Å². The molecular weight excluding hydrogens is 454 g/mol. The molecule has 0 fully saturated rings. The number of nitrogens with one attached hydrogen (secondary N) is 2. The Morgan fingerprint density at radius 3 is 2.44 bits per heavy atom. The first-order chi connectivity index (χ1) is 17.7. The molecule has 8 heteroatoms. The van der Waals surface area contributed by atoms with Crippen molar-refractivity contribution in [2.45, 2.75) is 26.1 Å². The fourth-order valence-electron chi connectivity index (χ4n) is 4.34. The van der Waals surface area contributed by atoms with Crippen LogP contribution >= 0.6 is 0 Å². The van der Waals surface area contributed by atoms with Gasteiger partial charge >= 0.3 is 0 Å². The Balaban J connectivity index is 1.53. The first-order valence-corrected chi connectivity index (χ1v) is 11.7. The van der Waals surface area contributed by atoms with Crippen LogP contribution < -0.4 is 20.1 Å². The Morgan fingerprint density at radius 2 is 1.72 bits per heavy atom. The van der Waals surface area contributed by atoms with E-state index in [1.807, 2.05) is 85.8 Å². The molecule has 36 heavy (non-hydrogen) atoms. The molecule has 1 amide bonds. The molecule has 2 heterocycles. The first kappa shape index (κ1) is 23.2. The van der Waals surface area contributed by atoms with Gasteiger partial charge < -0.3 is 20.1 Å². The SMILES string of the molecule is COc1cccc(C2C(C(=O)NCc3ccccc3)=C(C)Nc3ncnn32)c1OCc1ccccc1. The standard InChI is InChI=1S/C28H27N5O3/c1-19-24(27(34)29-16-20-10-5-3-6-11-20)25(33-28(32-19)30-18-31-33)22-14-9-15-23(35-2)26(22)36-17-21-12-7-4-8-13-21/h3-15,18,25H,16-17H2,1-2H3,(H,29,34)(H,30,31,32). The number of carbonyl (C=O) groups excluding carboxylic acids is 1. The zero-order valence-corrected chi connectivity index (χ0v) is 20.1. The zero-order chi connectivity index (χ0) is 24.9. The number of aromatic nitrogens is 3. The topological polar surface area (TPSA) is 90.3 Å². The summed E-state index contributed by atoms with van der Waals surface area (Å²) in [5.74, 6) is 1.48. The minimum atomic E-state index is -0.569. The van der Waals surface area contributed by atoms with Crippen LogP contribution in [0.4, 0.5) is 5.95 Å². The van der Waals surface area contributed by atoms with E-state index >= 15 is 0 Å². The predicted octanol–water partition coefficient (Wildman–Crippen LogP) is 4.47. The van der Waals surface area contributed by atoms with Crippen LogP contribution in [0, 0.1) is 0 Å². The van der Waals surface area contributed by atoms with Gasteiger partial charge in [-0.25, -0.2) is 4.68 Å². The summed E-state index contributed by atoms with van der Waals surface area (Å²) in [7, 11) is 1.60. The van der Waals surface area contributed by atoms with Crippen molar-refractivity contribution >= 4 is 11.9 Å². The van der Waals surface area contributed by atoms with E-state index < -0.39 is 6.04 Å². The lowest BCUT2D eigenvalue weighted by atomic mass is 9.94. The summed E-state index contributed by atoms with van der Waals surface area (Å²) in [5.41, 5.74) is 4.01. The number of ether oxygens (including phenoxy) is 2. The molecule has 1 unspecified atom stereocenters. The average Bonchev–Trinajstić information content (AvgIpc) is 3.39. The second kappa shape index (κ2) is 10.4. The van der Waals surface area contributed by atoms with Crippen molar-refractivity contribution in [3.05, 3.63) is 113 Å². The highest BCUT2D eigenvalue weighted by Gasteiger charge is 2.36. The number of nitrogens with zero attached hydrogens (tertiary/aromatic N) is 3. The predicted molar refractivity (Wildman–Crippen MR) is 137 cm³/mol. The van der Waals surface area contributed by atoms with E-state index in [-0.39, 0.29) is 5.91 Å². The van der Waals surface area contributed by atoms with Gasteiger partial charge in [-0.3, -0.25) is 4.79 Å². The Hall–Kier alpha value is -4.59. The molecule has 4 aromatic rings. The maximum atomic E-state index is 13.6. The van der Waals surface area contributed by atoms with Crippen molar-refractivity contribution in [3.63, 3.8) is 0 Å². The van der Waals surface area contributed by atoms with Gasteiger partial charge in [0, 0.05) is 17.8 Å². The van der Waals surface area contributed by atoms with E-state index in [4.69, 9.17) is 9.47 Å². The van der Waals surface area contributed by atoms with Gasteiger partial charge in [0.25, 0.3) is 5.91 Å². The number of carbonyl (C=O) groups is 1. The molecule has 0 radical (unpaired) electrons. The maximum absolute atomic E-state index is 13.6. The lowest BCUT2D eigenvalue weighted by Crippen LogP contribution is -2.35. The normalized spacial score (nSPS) is 14.6. The third-order valence-corrected chi connectivity index (χ3v) is 6.08. The molecule has 1 aliphatic heterocycles. The first-order valence-electron chi connectivity index (χ1n) is 11.7. The molecule has 1 aromatic heterocycles. The third-order valence-electron chi connectivity index (χ3n) is 6.08. The number of hydrogen-bond donors (Lipinski definition) is 2. The summed E-state index contributed by atoms with van der Waals surface area (Å²) >= 11 is 0. The second-order valence-corrected chi connectivity index (χ2v) is 8.42. The number of hydrogen-bond acceptors (Lipinski definition) is 6. The number of fused-ring (bicyclic) bond motifs is 1. The molecule has 5 rings (SSSR count). The van der Waals surface area contributed by atoms with Crippen LogP contribution in [0.5, 0.6) is 11.5 Å². The Labute approximate surface area is 209 Å². The molecule has 1 atom stereocenters. The third kappa shape index (κ3) is 4.65. The van der Waals surface area contributed by atoms with E-state index in [9.17, 15) is 4.79 Å². The molecule has 0 saturated heterocycles. The minimum absolute atomic E-state index is 0.202. The van der Waals surface area contributed by atoms with Crippen molar-refractivity contribution in [3.8, 4) is 11.5 Å². The highest BCUT2D eigenvalue weighted by Crippen LogP contribution is 2.43. The van der Waals surface area contributed by atoms with Gasteiger partial charge in [-0.2, -0.15) is 10.1 Å². The summed E-state index contributed by atoms with van der Waals surface area (Å²) in [5, 5.41) is 10.7. The van der Waals surface area contributed by atoms with Crippen LogP contribution in [0.1, 0.15) is 29.7 Å². The van der Waals surface area contributed by atoms with Crippen LogP contribution in [-0.2, 0) is 17.9 Å². The monoisotopic (exact) mass is 481 g/mol. The molecule has 0 aliphatic carbocycles. The van der Waals surface area contributed by atoms with E-state index in [0.29, 0.717) is 41.9 Å². The van der Waals surface area contributed by atoms with Crippen molar-refractivity contribution in [2.24, 2.45) is 0 Å². The summed E-state index contributed by atoms with van der Waals surface area (Å²) in [6, 6.07) is 24.8. The maximum Gasteiger partial charge on any atom is 0.251 e. The Bertz CT molecular complexity index is 1380. The summed E-state index contributed by atoms with van der Waals surface area (Å²) in [4.78, 5) is 17.9. The molecule has 8 nitrogen and oxygen atoms in total. The van der Waals surface area contributed by atoms with Gasteiger partial charge in [-0.05, 0) is 24.1 Å². The fraction of sp³-hybridized carbons (Fsp3) is 0.179. The largest absolute Gasteiger partial charge is 0.493 e. The number of amides is 1. The van der Waals surface area contributed by atoms with Crippen molar-refractivity contribution in [2.75, 3.05) is 12.4 Å². The lowest BCUT2D eigenvalue weighted by Gasteiger charge is -2.30. The van der Waals surface area contributed by atoms with Gasteiger partial charge in [0.1, 0.15) is 19.0 Å². The molecular formula is C28H27N5O3. The molecule has 0 bridgehead atoms. The lowest BCUT2D eigenvalue weighted by molar-refractivity contribution is -0.118. The van der Waals surface area contributed by atoms with Crippen LogP contribution in [0.2, 0.25) is 0 Å². The van der Waals surface area contributed by atoms with E-state index in [1.165, 1.54) is 6.33 Å². The van der Waals surface area contributed by atoms with Crippen molar-refractivity contribution < 1.29 is 14.3 Å². The number of allylic oxidation sites excluding steroid dienone is 1. The molecule has 3 aromatic carbocycles. The minimum Gasteiger partial charge on any atom is -0.493 e. The zero-order valence-electron chi connectivity index (χ0n) is 20.1. The average molecular weight is 482 g/mol. The van der Waals surface area contributed by atoms with Crippen molar-refractivity contribution in [1.82, 2.24) is 20.1 Å². The highest BCUT2D eigenvalue weighted by atomic mass is 16.5. The molecule has 1 aliphatic rings. The molecule has 0 spiro atoms. The summed E-state index contributed by atoms with van der Waals surface area (Å²) in [6.45, 7) is 2.62. The number of rotatable bonds is 8. The quantitative estimate of drug-likeness (QED) is 0.386.